The van der Waals surface area contributed by atoms with Gasteiger partial charge in [-0.05, 0) is 24.6 Å². The topological polar surface area (TPSA) is 150 Å². The number of carboxylic acids is 2. The number of nitrogens with zero attached hydrogens (tertiary/aromatic N) is 1. The molecular formula is C15H17N3O7S. The van der Waals surface area contributed by atoms with Crippen LogP contribution in [0.4, 0.5) is 0 Å². The summed E-state index contributed by atoms with van der Waals surface area (Å²) in [5.41, 5.74) is 0.257. The summed E-state index contributed by atoms with van der Waals surface area (Å²) < 4.78 is 5.09. The van der Waals surface area contributed by atoms with Crippen LogP contribution < -0.4 is 10.6 Å². The summed E-state index contributed by atoms with van der Waals surface area (Å²) >= 11 is 1.17. The number of nitrogens with one attached hydrogen (secondary N) is 2. The fraction of sp³-hybridized carbons (Fsp3) is 0.333. The van der Waals surface area contributed by atoms with E-state index in [4.69, 9.17) is 4.42 Å². The minimum absolute atomic E-state index is 0.0777. The van der Waals surface area contributed by atoms with E-state index in [1.54, 1.807) is 6.92 Å². The predicted molar refractivity (Wildman–Crippen MR) is 91.5 cm³/mol. The van der Waals surface area contributed by atoms with Gasteiger partial charge in [0.25, 0.3) is 5.91 Å². The van der Waals surface area contributed by atoms with E-state index in [0.717, 1.165) is 0 Å². The number of thioether (sulfide) groups is 1. The van der Waals surface area contributed by atoms with Crippen LogP contribution in [0.25, 0.3) is 0 Å². The van der Waals surface area contributed by atoms with E-state index in [1.165, 1.54) is 37.3 Å². The lowest BCUT2D eigenvalue weighted by molar-refractivity contribution is -0.141. The van der Waals surface area contributed by atoms with Gasteiger partial charge in [0.2, 0.25) is 5.71 Å². The molecule has 10 nitrogen and oxygen atoms in total. The molecular weight excluding hydrogens is 366 g/mol. The van der Waals surface area contributed by atoms with Gasteiger partial charge in [0.1, 0.15) is 18.2 Å². The number of hydrogen-bond donors (Lipinski definition) is 4. The first-order valence-electron chi connectivity index (χ1n) is 7.35. The molecule has 2 atom stereocenters. The Morgan fingerprint density at radius 2 is 2.19 bits per heavy atom. The third-order valence-electron chi connectivity index (χ3n) is 3.41. The van der Waals surface area contributed by atoms with Crippen LogP contribution >= 0.6 is 11.8 Å². The summed E-state index contributed by atoms with van der Waals surface area (Å²) in [6.45, 7) is 1.63. The van der Waals surface area contributed by atoms with Gasteiger partial charge < -0.3 is 30.1 Å². The van der Waals surface area contributed by atoms with Gasteiger partial charge in [0.15, 0.2) is 11.8 Å². The van der Waals surface area contributed by atoms with Gasteiger partial charge in [-0.1, -0.05) is 5.16 Å². The van der Waals surface area contributed by atoms with Crippen LogP contribution in [0.2, 0.25) is 0 Å². The van der Waals surface area contributed by atoms with Crippen molar-refractivity contribution in [2.75, 3.05) is 12.9 Å². The first kappa shape index (κ1) is 19.4. The summed E-state index contributed by atoms with van der Waals surface area (Å²) in [7, 11) is 1.23. The molecule has 0 saturated carbocycles. The maximum absolute atomic E-state index is 12.5. The first-order chi connectivity index (χ1) is 12.3. The second-order valence-electron chi connectivity index (χ2n) is 5.23. The maximum Gasteiger partial charge on any atom is 0.351 e. The molecule has 1 aliphatic rings. The molecule has 0 fully saturated rings. The molecule has 140 valence electrons. The van der Waals surface area contributed by atoms with Crippen LogP contribution in [0.3, 0.4) is 0 Å². The SMILES string of the molecule is CO/N=C(/C(=O)N[C@H](C(=O)O)[C@@H]1NC(C(=O)O)=C(C)CS1)c1ccco1. The van der Waals surface area contributed by atoms with E-state index >= 15 is 0 Å². The minimum Gasteiger partial charge on any atom is -0.480 e. The highest BCUT2D eigenvalue weighted by Gasteiger charge is 2.36. The van der Waals surface area contributed by atoms with Crippen molar-refractivity contribution in [3.8, 4) is 0 Å². The van der Waals surface area contributed by atoms with Gasteiger partial charge in [-0.15, -0.1) is 11.8 Å². The molecule has 0 saturated heterocycles. The van der Waals surface area contributed by atoms with Crippen LogP contribution in [0.5, 0.6) is 0 Å². The van der Waals surface area contributed by atoms with Crippen molar-refractivity contribution < 1.29 is 33.9 Å². The third kappa shape index (κ3) is 4.36. The van der Waals surface area contributed by atoms with Gasteiger partial charge in [0, 0.05) is 5.75 Å². The molecule has 0 spiro atoms. The van der Waals surface area contributed by atoms with E-state index in [9.17, 15) is 24.6 Å². The molecule has 26 heavy (non-hydrogen) atoms. The van der Waals surface area contributed by atoms with E-state index in [0.29, 0.717) is 11.3 Å². The molecule has 1 aromatic heterocycles. The van der Waals surface area contributed by atoms with Gasteiger partial charge in [-0.2, -0.15) is 0 Å². The summed E-state index contributed by atoms with van der Waals surface area (Å²) in [6.07, 6.45) is 1.33. The van der Waals surface area contributed by atoms with Crippen molar-refractivity contribution in [2.24, 2.45) is 5.16 Å². The predicted octanol–water partition coefficient (Wildman–Crippen LogP) is 0.221. The molecule has 0 aromatic carbocycles. The van der Waals surface area contributed by atoms with Crippen molar-refractivity contribution in [1.29, 1.82) is 0 Å². The second kappa shape index (κ2) is 8.43. The highest BCUT2D eigenvalue weighted by molar-refractivity contribution is 8.00. The highest BCUT2D eigenvalue weighted by Crippen LogP contribution is 2.24. The van der Waals surface area contributed by atoms with E-state index < -0.39 is 29.3 Å². The number of rotatable bonds is 7. The van der Waals surface area contributed by atoms with Gasteiger partial charge in [-0.25, -0.2) is 9.59 Å². The van der Waals surface area contributed by atoms with Gasteiger partial charge >= 0.3 is 11.9 Å². The molecule has 2 rings (SSSR count). The summed E-state index contributed by atoms with van der Waals surface area (Å²) in [6, 6.07) is 1.59. The zero-order valence-corrected chi connectivity index (χ0v) is 14.7. The molecule has 2 heterocycles. The first-order valence-corrected chi connectivity index (χ1v) is 8.40. The van der Waals surface area contributed by atoms with Crippen molar-refractivity contribution in [2.45, 2.75) is 18.3 Å². The molecule has 0 unspecified atom stereocenters. The standard InChI is InChI=1S/C15H17N3O7S/c1-7-6-26-13(17-9(7)14(20)21)11(15(22)23)16-12(19)10(18-24-2)8-4-3-5-25-8/h3-5,11,13,17H,6H2,1-2H3,(H,16,19)(H,20,21)(H,22,23)/b18-10+/t11-,13+/m0/s1. The third-order valence-corrected chi connectivity index (χ3v) is 4.76. The summed E-state index contributed by atoms with van der Waals surface area (Å²) in [5, 5.41) is 26.3. The number of hydrogen-bond acceptors (Lipinski definition) is 8. The lowest BCUT2D eigenvalue weighted by Crippen LogP contribution is -2.55. The average molecular weight is 383 g/mol. The van der Waals surface area contributed by atoms with Gasteiger partial charge in [0.05, 0.1) is 6.26 Å². The number of carboxylic acid groups (broad SMARTS) is 2. The van der Waals surface area contributed by atoms with Crippen LogP contribution in [-0.2, 0) is 19.2 Å². The number of aliphatic carboxylic acids is 2. The Balaban J connectivity index is 2.21. The molecule has 1 aromatic rings. The number of carbonyl (C=O) groups is 3. The Morgan fingerprint density at radius 3 is 2.73 bits per heavy atom. The smallest absolute Gasteiger partial charge is 0.351 e. The zero-order valence-electron chi connectivity index (χ0n) is 13.9. The lowest BCUT2D eigenvalue weighted by atomic mass is 10.2. The number of amides is 1. The van der Waals surface area contributed by atoms with Crippen molar-refractivity contribution in [3.05, 3.63) is 35.4 Å². The van der Waals surface area contributed by atoms with E-state index in [2.05, 4.69) is 20.6 Å². The van der Waals surface area contributed by atoms with E-state index in [1.807, 2.05) is 0 Å². The van der Waals surface area contributed by atoms with Crippen molar-refractivity contribution >= 4 is 35.3 Å². The molecule has 1 amide bonds. The molecule has 0 radical (unpaired) electrons. The largest absolute Gasteiger partial charge is 0.480 e. The highest BCUT2D eigenvalue weighted by atomic mass is 32.2. The van der Waals surface area contributed by atoms with Gasteiger partial charge in [-0.3, -0.25) is 4.79 Å². The minimum atomic E-state index is -1.41. The number of carbonyl (C=O) groups excluding carboxylic acids is 1. The van der Waals surface area contributed by atoms with Crippen LogP contribution in [0.1, 0.15) is 12.7 Å². The number of oxime groups is 1. The fourth-order valence-corrected chi connectivity index (χ4v) is 3.35. The quantitative estimate of drug-likeness (QED) is 0.383. The molecule has 1 aliphatic heterocycles. The molecule has 0 aliphatic carbocycles. The van der Waals surface area contributed by atoms with Crippen LogP contribution in [-0.4, -0.2) is 58.0 Å². The second-order valence-corrected chi connectivity index (χ2v) is 6.36. The monoisotopic (exact) mass is 383 g/mol. The summed E-state index contributed by atoms with van der Waals surface area (Å²) in [4.78, 5) is 40.0. The fourth-order valence-electron chi connectivity index (χ4n) is 2.20. The summed E-state index contributed by atoms with van der Waals surface area (Å²) in [5.74, 6) is -2.94. The molecule has 0 bridgehead atoms. The molecule has 11 heteroatoms. The maximum atomic E-state index is 12.5. The normalized spacial score (nSPS) is 18.7. The van der Waals surface area contributed by atoms with E-state index in [-0.39, 0.29) is 17.2 Å². The van der Waals surface area contributed by atoms with Crippen molar-refractivity contribution in [1.82, 2.24) is 10.6 Å². The zero-order chi connectivity index (χ0) is 19.3. The Kier molecular flexibility index (Phi) is 6.28. The average Bonchev–Trinajstić information content (AvgIpc) is 3.11. The Labute approximate surface area is 152 Å². The van der Waals surface area contributed by atoms with Crippen LogP contribution in [0, 0.1) is 0 Å². The van der Waals surface area contributed by atoms with Crippen molar-refractivity contribution in [3.63, 3.8) is 0 Å². The van der Waals surface area contributed by atoms with Crippen LogP contribution in [0.15, 0.2) is 39.2 Å². The Bertz CT molecular complexity index is 757. The Hall–Kier alpha value is -2.95. The number of furan rings is 1. The Morgan fingerprint density at radius 1 is 1.46 bits per heavy atom. The molecule has 4 N–H and O–H groups in total. The lowest BCUT2D eigenvalue weighted by Gasteiger charge is -2.30.